The molecule has 188 valence electrons. The van der Waals surface area contributed by atoms with Gasteiger partial charge in [-0.1, -0.05) is 18.2 Å². The highest BCUT2D eigenvalue weighted by atomic mass is 19.3. The fraction of sp³-hybridized carbons (Fsp3) is 0.500. The first-order chi connectivity index (χ1) is 16.5. The van der Waals surface area contributed by atoms with E-state index in [2.05, 4.69) is 15.5 Å². The van der Waals surface area contributed by atoms with Gasteiger partial charge in [0.05, 0.1) is 22.9 Å². The number of anilines is 1. The summed E-state index contributed by atoms with van der Waals surface area (Å²) in [5, 5.41) is 5.79. The zero-order chi connectivity index (χ0) is 25.2. The molecule has 0 radical (unpaired) electrons. The summed E-state index contributed by atoms with van der Waals surface area (Å²) >= 11 is 0. The second-order valence-electron chi connectivity index (χ2n) is 9.79. The Labute approximate surface area is 198 Å². The molecule has 0 spiro atoms. The molecule has 2 aliphatic carbocycles. The van der Waals surface area contributed by atoms with Crippen LogP contribution in [0, 0.1) is 17.7 Å². The number of carbonyl (C=O) groups is 1. The average molecular weight is 496 g/mol. The van der Waals surface area contributed by atoms with Crippen LogP contribution in [-0.4, -0.2) is 47.5 Å². The first-order valence-electron chi connectivity index (χ1n) is 11.4. The third-order valence-electron chi connectivity index (χ3n) is 7.26. The van der Waals surface area contributed by atoms with E-state index in [1.807, 2.05) is 7.05 Å². The third-order valence-corrected chi connectivity index (χ3v) is 7.26. The molecule has 2 N–H and O–H groups in total. The minimum atomic E-state index is -3.03. The van der Waals surface area contributed by atoms with E-state index in [4.69, 9.17) is 0 Å². The van der Waals surface area contributed by atoms with Crippen LogP contribution in [0.5, 0.6) is 0 Å². The van der Waals surface area contributed by atoms with Crippen molar-refractivity contribution in [1.29, 1.82) is 0 Å². The number of rotatable bonds is 7. The summed E-state index contributed by atoms with van der Waals surface area (Å²) in [5.74, 6) is -4.17. The van der Waals surface area contributed by atoms with E-state index >= 15 is 0 Å². The van der Waals surface area contributed by atoms with E-state index in [0.717, 1.165) is 36.0 Å². The molecule has 3 aliphatic rings. The molecule has 2 aromatic rings. The number of nitrogens with one attached hydrogen (secondary N) is 2. The Kier molecular flexibility index (Phi) is 5.65. The van der Waals surface area contributed by atoms with Gasteiger partial charge in [-0.15, -0.1) is 0 Å². The Hall–Kier alpha value is -2.95. The molecule has 1 aromatic carbocycles. The zero-order valence-electron chi connectivity index (χ0n) is 19.1. The van der Waals surface area contributed by atoms with Gasteiger partial charge in [-0.05, 0) is 25.8 Å². The topological polar surface area (TPSA) is 66.4 Å². The second-order valence-corrected chi connectivity index (χ2v) is 9.79. The standard InChI is InChI=1S/C24H25F5N4O2/c1-11(12-4-3-5-13(20(12)25)22(26)27)30-23(35)16-10-33(18-7-24(18,28)29)19(34)6-17(16)31-21-14-8-32(2)9-15(14)21/h3-6,10-11,14-15,18,21-22,31H,7-9H2,1-2H3,(H,30,35)/t11-,14-,15+,18-,21?/m1/s1. The van der Waals surface area contributed by atoms with Gasteiger partial charge < -0.3 is 20.1 Å². The number of benzene rings is 1. The van der Waals surface area contributed by atoms with Crippen molar-refractivity contribution >= 4 is 11.6 Å². The maximum Gasteiger partial charge on any atom is 0.270 e. The molecule has 1 unspecified atom stereocenters. The molecule has 6 nitrogen and oxygen atoms in total. The molecule has 35 heavy (non-hydrogen) atoms. The summed E-state index contributed by atoms with van der Waals surface area (Å²) < 4.78 is 69.0. The molecule has 1 aromatic heterocycles. The van der Waals surface area contributed by atoms with Crippen molar-refractivity contribution in [2.75, 3.05) is 25.5 Å². The van der Waals surface area contributed by atoms with Crippen LogP contribution in [0.4, 0.5) is 27.6 Å². The highest BCUT2D eigenvalue weighted by Gasteiger charge is 2.59. The van der Waals surface area contributed by atoms with Crippen molar-refractivity contribution in [3.63, 3.8) is 0 Å². The summed E-state index contributed by atoms with van der Waals surface area (Å²) in [4.78, 5) is 28.0. The number of hydrogen-bond acceptors (Lipinski definition) is 4. The summed E-state index contributed by atoms with van der Waals surface area (Å²) in [7, 11) is 2.00. The number of pyridine rings is 1. The smallest absolute Gasteiger partial charge is 0.270 e. The first-order valence-corrected chi connectivity index (χ1v) is 11.4. The van der Waals surface area contributed by atoms with Crippen LogP contribution in [-0.2, 0) is 0 Å². The van der Waals surface area contributed by atoms with Gasteiger partial charge in [0.15, 0.2) is 0 Å². The highest BCUT2D eigenvalue weighted by Crippen LogP contribution is 2.52. The van der Waals surface area contributed by atoms with Crippen molar-refractivity contribution in [1.82, 2.24) is 14.8 Å². The predicted molar refractivity (Wildman–Crippen MR) is 118 cm³/mol. The van der Waals surface area contributed by atoms with E-state index in [1.165, 1.54) is 19.1 Å². The monoisotopic (exact) mass is 496 g/mol. The van der Waals surface area contributed by atoms with E-state index in [0.29, 0.717) is 11.8 Å². The largest absolute Gasteiger partial charge is 0.381 e. The SMILES string of the molecule is C[C@@H](NC(=O)c1cn([C@@H]2CC2(F)F)c(=O)cc1NC1[C@H]2CN(C)C[C@@H]12)c1cccc(C(F)F)c1F. The number of piperidine rings is 1. The molecule has 1 aliphatic heterocycles. The number of alkyl halides is 4. The summed E-state index contributed by atoms with van der Waals surface area (Å²) in [6, 6.07) is 2.40. The number of likely N-dealkylation sites (tertiary alicyclic amines) is 1. The second kappa shape index (κ2) is 8.32. The number of aromatic nitrogens is 1. The minimum absolute atomic E-state index is 0.0390. The summed E-state index contributed by atoms with van der Waals surface area (Å²) in [6.45, 7) is 3.17. The van der Waals surface area contributed by atoms with Crippen LogP contribution in [0.2, 0.25) is 0 Å². The van der Waals surface area contributed by atoms with Crippen LogP contribution >= 0.6 is 0 Å². The number of halogens is 5. The fourth-order valence-corrected chi connectivity index (χ4v) is 5.15. The maximum absolute atomic E-state index is 14.6. The normalized spacial score (nSPS) is 27.4. The lowest BCUT2D eigenvalue weighted by atomic mass is 10.0. The zero-order valence-corrected chi connectivity index (χ0v) is 19.1. The Morgan fingerprint density at radius 2 is 1.80 bits per heavy atom. The Morgan fingerprint density at radius 3 is 2.40 bits per heavy atom. The van der Waals surface area contributed by atoms with Crippen molar-refractivity contribution in [3.05, 3.63) is 63.3 Å². The molecule has 5 rings (SSSR count). The lowest BCUT2D eigenvalue weighted by molar-refractivity contribution is 0.0930. The van der Waals surface area contributed by atoms with Crippen molar-refractivity contribution in [3.8, 4) is 0 Å². The highest BCUT2D eigenvalue weighted by molar-refractivity contribution is 5.99. The Balaban J connectivity index is 1.43. The fourth-order valence-electron chi connectivity index (χ4n) is 5.15. The molecule has 2 heterocycles. The van der Waals surface area contributed by atoms with Gasteiger partial charge in [0, 0.05) is 43.4 Å². The molecule has 3 fully saturated rings. The number of hydrogen-bond donors (Lipinski definition) is 2. The van der Waals surface area contributed by atoms with Crippen LogP contribution in [0.1, 0.15) is 53.3 Å². The van der Waals surface area contributed by atoms with Crippen LogP contribution in [0.15, 0.2) is 35.3 Å². The van der Waals surface area contributed by atoms with Crippen molar-refractivity contribution in [2.24, 2.45) is 11.8 Å². The van der Waals surface area contributed by atoms with Crippen molar-refractivity contribution < 1.29 is 26.7 Å². The summed E-state index contributed by atoms with van der Waals surface area (Å²) in [5.41, 5.74) is -1.39. The lowest BCUT2D eigenvalue weighted by Crippen LogP contribution is -2.32. The maximum atomic E-state index is 14.6. The summed E-state index contributed by atoms with van der Waals surface area (Å²) in [6.07, 6.45) is -2.41. The van der Waals surface area contributed by atoms with Gasteiger partial charge >= 0.3 is 0 Å². The lowest BCUT2D eigenvalue weighted by Gasteiger charge is -2.20. The number of fused-ring (bicyclic) bond motifs is 1. The molecule has 11 heteroatoms. The van der Waals surface area contributed by atoms with E-state index < -0.39 is 53.7 Å². The van der Waals surface area contributed by atoms with Gasteiger partial charge in [0.25, 0.3) is 23.8 Å². The van der Waals surface area contributed by atoms with Crippen LogP contribution in [0.25, 0.3) is 0 Å². The molecule has 2 saturated carbocycles. The number of nitrogens with zero attached hydrogens (tertiary/aromatic N) is 2. The third kappa shape index (κ3) is 4.30. The molecule has 1 amide bonds. The molecular weight excluding hydrogens is 471 g/mol. The quantitative estimate of drug-likeness (QED) is 0.570. The van der Waals surface area contributed by atoms with Gasteiger partial charge in [-0.3, -0.25) is 9.59 Å². The first kappa shape index (κ1) is 23.8. The van der Waals surface area contributed by atoms with E-state index in [1.54, 1.807) is 0 Å². The van der Waals surface area contributed by atoms with Gasteiger partial charge in [0.2, 0.25) is 0 Å². The molecular formula is C24H25F5N4O2. The van der Waals surface area contributed by atoms with E-state index in [-0.39, 0.29) is 22.9 Å². The van der Waals surface area contributed by atoms with Gasteiger partial charge in [-0.2, -0.15) is 0 Å². The Bertz CT molecular complexity index is 1220. The van der Waals surface area contributed by atoms with Crippen LogP contribution in [0.3, 0.4) is 0 Å². The van der Waals surface area contributed by atoms with Gasteiger partial charge in [-0.25, -0.2) is 22.0 Å². The molecule has 5 atom stereocenters. The molecule has 1 saturated heterocycles. The number of amides is 1. The van der Waals surface area contributed by atoms with Crippen molar-refractivity contribution in [2.45, 2.75) is 43.8 Å². The predicted octanol–water partition coefficient (Wildman–Crippen LogP) is 3.97. The van der Waals surface area contributed by atoms with E-state index in [9.17, 15) is 31.5 Å². The molecule has 0 bridgehead atoms. The average Bonchev–Trinajstić information content (AvgIpc) is 3.54. The van der Waals surface area contributed by atoms with Gasteiger partial charge in [0.1, 0.15) is 11.9 Å². The minimum Gasteiger partial charge on any atom is -0.381 e. The number of carbonyl (C=O) groups excluding carboxylic acids is 1. The Morgan fingerprint density at radius 1 is 1.17 bits per heavy atom. The van der Waals surface area contributed by atoms with Crippen LogP contribution < -0.4 is 16.2 Å².